The molecule has 0 spiro atoms. The largest absolute Gasteiger partial charge is 0.471 e. The maximum atomic E-state index is 13.0. The second kappa shape index (κ2) is 12.3. The van der Waals surface area contributed by atoms with Crippen LogP contribution in [-0.2, 0) is 24.3 Å². The molecule has 0 fully saturated rings. The fourth-order valence-corrected chi connectivity index (χ4v) is 5.54. The van der Waals surface area contributed by atoms with E-state index in [1.165, 1.54) is 44.4 Å². The number of fused-ring (bicyclic) bond motifs is 1. The molecule has 1 aromatic heterocycles. The number of aryl methyl sites for hydroxylation is 1. The summed E-state index contributed by atoms with van der Waals surface area (Å²) in [4.78, 5) is 36.2. The number of esters is 1. The maximum absolute atomic E-state index is 13.0. The van der Waals surface area contributed by atoms with Gasteiger partial charge in [-0.15, -0.1) is 0 Å². The SMILES string of the molecule is CCC(NS(=O)(=O)c1ccc(-c2ccc(NC(=O)c3oc4cccc(NC(=O)C(F)(F)F)c4c3C)cc2)cc1)C(=O)OC. The van der Waals surface area contributed by atoms with Gasteiger partial charge in [-0.3, -0.25) is 14.4 Å². The van der Waals surface area contributed by atoms with Gasteiger partial charge in [0.15, 0.2) is 5.76 Å². The minimum Gasteiger partial charge on any atom is -0.468 e. The Kier molecular flexibility index (Phi) is 8.92. The molecule has 1 atom stereocenters. The summed E-state index contributed by atoms with van der Waals surface area (Å²) in [5.41, 5.74) is 1.99. The van der Waals surface area contributed by atoms with Crippen molar-refractivity contribution < 1.29 is 45.1 Å². The second-order valence-corrected chi connectivity index (χ2v) is 11.1. The molecule has 4 aromatic rings. The summed E-state index contributed by atoms with van der Waals surface area (Å²) in [5.74, 6) is -3.64. The number of methoxy groups -OCH3 is 1. The van der Waals surface area contributed by atoms with Crippen molar-refractivity contribution in [2.24, 2.45) is 0 Å². The lowest BCUT2D eigenvalue weighted by atomic mass is 10.1. The second-order valence-electron chi connectivity index (χ2n) is 9.35. The molecule has 0 radical (unpaired) electrons. The van der Waals surface area contributed by atoms with E-state index in [2.05, 4.69) is 14.8 Å². The zero-order valence-electron chi connectivity index (χ0n) is 23.0. The number of alkyl halides is 3. The third kappa shape index (κ3) is 6.87. The van der Waals surface area contributed by atoms with E-state index in [9.17, 15) is 36.0 Å². The number of furan rings is 1. The van der Waals surface area contributed by atoms with Crippen LogP contribution in [-0.4, -0.2) is 45.5 Å². The van der Waals surface area contributed by atoms with Crippen LogP contribution >= 0.6 is 0 Å². The standard InChI is InChI=1S/C29H26F3N3O7S/c1-4-21(27(37)41-3)35-43(39,40)20-14-10-18(11-15-20)17-8-12-19(13-9-17)33-26(36)25-16(2)24-22(6-5-7-23(24)42-25)34-28(38)29(30,31)32/h5-15,21,35H,4H2,1-3H3,(H,33,36)(H,34,38). The van der Waals surface area contributed by atoms with Crippen LogP contribution in [0.5, 0.6) is 0 Å². The Balaban J connectivity index is 1.48. The summed E-state index contributed by atoms with van der Waals surface area (Å²) in [6.07, 6.45) is -4.88. The summed E-state index contributed by atoms with van der Waals surface area (Å²) in [7, 11) is -2.80. The molecule has 3 aromatic carbocycles. The van der Waals surface area contributed by atoms with Crippen LogP contribution in [0.3, 0.4) is 0 Å². The molecule has 0 aliphatic rings. The van der Waals surface area contributed by atoms with Crippen molar-refractivity contribution in [3.63, 3.8) is 0 Å². The highest BCUT2D eigenvalue weighted by molar-refractivity contribution is 7.89. The number of carbonyl (C=O) groups is 3. The van der Waals surface area contributed by atoms with E-state index in [1.54, 1.807) is 43.3 Å². The Labute approximate surface area is 244 Å². The van der Waals surface area contributed by atoms with Gasteiger partial charge in [-0.25, -0.2) is 8.42 Å². The number of rotatable bonds is 9. The summed E-state index contributed by atoms with van der Waals surface area (Å²) in [6, 6.07) is 15.7. The van der Waals surface area contributed by atoms with Gasteiger partial charge in [-0.2, -0.15) is 17.9 Å². The zero-order chi connectivity index (χ0) is 31.5. The van der Waals surface area contributed by atoms with Crippen molar-refractivity contribution in [3.05, 3.63) is 78.1 Å². The van der Waals surface area contributed by atoms with Crippen LogP contribution in [0.4, 0.5) is 24.5 Å². The van der Waals surface area contributed by atoms with Gasteiger partial charge in [-0.05, 0) is 60.9 Å². The Morgan fingerprint density at radius 1 is 0.930 bits per heavy atom. The lowest BCUT2D eigenvalue weighted by molar-refractivity contribution is -0.167. The molecule has 0 saturated carbocycles. The number of benzene rings is 3. The highest BCUT2D eigenvalue weighted by Gasteiger charge is 2.39. The quantitative estimate of drug-likeness (QED) is 0.214. The summed E-state index contributed by atoms with van der Waals surface area (Å²) >= 11 is 0. The maximum Gasteiger partial charge on any atom is 0.471 e. The molecule has 1 heterocycles. The number of carbonyl (C=O) groups excluding carboxylic acids is 3. The van der Waals surface area contributed by atoms with Gasteiger partial charge in [0.1, 0.15) is 11.6 Å². The third-order valence-corrected chi connectivity index (χ3v) is 7.99. The molecular weight excluding hydrogens is 591 g/mol. The first-order valence-corrected chi connectivity index (χ1v) is 14.3. The molecule has 43 heavy (non-hydrogen) atoms. The monoisotopic (exact) mass is 617 g/mol. The van der Waals surface area contributed by atoms with Crippen molar-refractivity contribution in [1.29, 1.82) is 0 Å². The fourth-order valence-electron chi connectivity index (χ4n) is 4.27. The Bertz CT molecular complexity index is 1780. The molecule has 0 aliphatic carbocycles. The number of amides is 2. The normalized spacial score (nSPS) is 12.5. The average Bonchev–Trinajstić information content (AvgIpc) is 3.32. The van der Waals surface area contributed by atoms with Gasteiger partial charge in [0.05, 0.1) is 17.7 Å². The highest BCUT2D eigenvalue weighted by atomic mass is 32.2. The van der Waals surface area contributed by atoms with E-state index in [4.69, 9.17) is 4.42 Å². The minimum absolute atomic E-state index is 0.0372. The van der Waals surface area contributed by atoms with Gasteiger partial charge in [-0.1, -0.05) is 37.3 Å². The molecule has 10 nitrogen and oxygen atoms in total. The molecule has 14 heteroatoms. The van der Waals surface area contributed by atoms with Crippen molar-refractivity contribution in [2.45, 2.75) is 37.4 Å². The zero-order valence-corrected chi connectivity index (χ0v) is 23.9. The number of halogens is 3. The molecule has 0 aliphatic heterocycles. The smallest absolute Gasteiger partial charge is 0.468 e. The van der Waals surface area contributed by atoms with Crippen molar-refractivity contribution >= 4 is 50.2 Å². The molecule has 1 unspecified atom stereocenters. The van der Waals surface area contributed by atoms with Crippen LogP contribution in [0.2, 0.25) is 0 Å². The summed E-state index contributed by atoms with van der Waals surface area (Å²) in [6.45, 7) is 3.14. The van der Waals surface area contributed by atoms with Crippen molar-refractivity contribution in [1.82, 2.24) is 4.72 Å². The lowest BCUT2D eigenvalue weighted by Gasteiger charge is -2.15. The number of nitrogens with one attached hydrogen (secondary N) is 3. The molecule has 3 N–H and O–H groups in total. The molecule has 4 rings (SSSR count). The first-order chi connectivity index (χ1) is 20.2. The van der Waals surface area contributed by atoms with Gasteiger partial charge in [0.2, 0.25) is 10.0 Å². The number of sulfonamides is 1. The molecule has 226 valence electrons. The van der Waals surface area contributed by atoms with E-state index in [0.717, 1.165) is 0 Å². The van der Waals surface area contributed by atoms with Gasteiger partial charge in [0, 0.05) is 16.6 Å². The Hall–Kier alpha value is -4.69. The molecular formula is C29H26F3N3O7S. The summed E-state index contributed by atoms with van der Waals surface area (Å²) in [5, 5.41) is 4.64. The van der Waals surface area contributed by atoms with Crippen LogP contribution in [0.1, 0.15) is 29.5 Å². The van der Waals surface area contributed by atoms with Crippen LogP contribution in [0.25, 0.3) is 22.1 Å². The number of ether oxygens (including phenoxy) is 1. The highest BCUT2D eigenvalue weighted by Crippen LogP contribution is 2.33. The van der Waals surface area contributed by atoms with Crippen LogP contribution < -0.4 is 15.4 Å². The Morgan fingerprint density at radius 2 is 1.53 bits per heavy atom. The predicted octanol–water partition coefficient (Wildman–Crippen LogP) is 5.39. The van der Waals surface area contributed by atoms with Crippen molar-refractivity contribution in [2.75, 3.05) is 17.7 Å². The number of hydrogen-bond donors (Lipinski definition) is 3. The molecule has 0 saturated heterocycles. The Morgan fingerprint density at radius 3 is 2.09 bits per heavy atom. The van der Waals surface area contributed by atoms with Crippen LogP contribution in [0.15, 0.2) is 76.0 Å². The van der Waals surface area contributed by atoms with Crippen LogP contribution in [0, 0.1) is 6.92 Å². The minimum atomic E-state index is -5.09. The number of hydrogen-bond acceptors (Lipinski definition) is 7. The number of anilines is 2. The van der Waals surface area contributed by atoms with E-state index < -0.39 is 40.0 Å². The fraction of sp³-hybridized carbons (Fsp3) is 0.207. The van der Waals surface area contributed by atoms with Gasteiger partial charge in [0.25, 0.3) is 5.91 Å². The average molecular weight is 618 g/mol. The predicted molar refractivity (Wildman–Crippen MR) is 152 cm³/mol. The van der Waals surface area contributed by atoms with E-state index in [1.807, 2.05) is 5.32 Å². The van der Waals surface area contributed by atoms with E-state index >= 15 is 0 Å². The van der Waals surface area contributed by atoms with Crippen molar-refractivity contribution in [3.8, 4) is 11.1 Å². The first kappa shape index (κ1) is 31.3. The van der Waals surface area contributed by atoms with Gasteiger partial charge >= 0.3 is 18.1 Å². The first-order valence-electron chi connectivity index (χ1n) is 12.8. The van der Waals surface area contributed by atoms with E-state index in [0.29, 0.717) is 16.8 Å². The summed E-state index contributed by atoms with van der Waals surface area (Å²) < 4.78 is 76.2. The topological polar surface area (TPSA) is 144 Å². The van der Waals surface area contributed by atoms with Gasteiger partial charge < -0.3 is 19.8 Å². The van der Waals surface area contributed by atoms with E-state index in [-0.39, 0.29) is 39.3 Å². The third-order valence-electron chi connectivity index (χ3n) is 6.50. The molecule has 2 amide bonds. The molecule has 0 bridgehead atoms. The lowest BCUT2D eigenvalue weighted by Crippen LogP contribution is -2.40.